The van der Waals surface area contributed by atoms with Crippen LogP contribution in [0.1, 0.15) is 42.1 Å². The molecule has 0 radical (unpaired) electrons. The van der Waals surface area contributed by atoms with Crippen molar-refractivity contribution in [3.63, 3.8) is 0 Å². The van der Waals surface area contributed by atoms with Gasteiger partial charge in [0.1, 0.15) is 5.75 Å². The number of anilines is 1. The summed E-state index contributed by atoms with van der Waals surface area (Å²) in [5.74, 6) is 1.29. The maximum atomic E-state index is 13.8. The van der Waals surface area contributed by atoms with Crippen molar-refractivity contribution in [1.82, 2.24) is 19.7 Å². The summed E-state index contributed by atoms with van der Waals surface area (Å²) in [6, 6.07) is 3.80. The number of amides is 2. The van der Waals surface area contributed by atoms with Gasteiger partial charge in [-0.05, 0) is 70.8 Å². The fourth-order valence-electron chi connectivity index (χ4n) is 4.46. The average molecular weight is 558 g/mol. The van der Waals surface area contributed by atoms with Gasteiger partial charge >= 0.3 is 0 Å². The summed E-state index contributed by atoms with van der Waals surface area (Å²) >= 11 is 3.27. The number of hydrogen-bond donors (Lipinski definition) is 1. The molecule has 0 spiro atoms. The Balaban J connectivity index is 1.46. The van der Waals surface area contributed by atoms with Crippen LogP contribution in [0.4, 0.5) is 5.13 Å². The van der Waals surface area contributed by atoms with Gasteiger partial charge in [0.15, 0.2) is 5.13 Å². The van der Waals surface area contributed by atoms with Crippen LogP contribution in [0.3, 0.4) is 0 Å². The minimum absolute atomic E-state index is 0.00389. The summed E-state index contributed by atoms with van der Waals surface area (Å²) in [5, 5.41) is 4.38. The quantitative estimate of drug-likeness (QED) is 0.428. The SMILES string of the molecule is COc1cc(C)c(Sc2cnc(NCC3CC3)s2)cc1C(=O)N1CCCN(C(=O)/C=C/CN(C)C)[C@H](C)C1. The maximum Gasteiger partial charge on any atom is 0.257 e. The molecule has 2 fully saturated rings. The molecule has 0 bridgehead atoms. The fourth-order valence-corrected chi connectivity index (χ4v) is 6.41. The zero-order valence-corrected chi connectivity index (χ0v) is 24.7. The van der Waals surface area contributed by atoms with Crippen LogP contribution in [0, 0.1) is 12.8 Å². The minimum atomic E-state index is -0.0815. The highest BCUT2D eigenvalue weighted by atomic mass is 32.2. The average Bonchev–Trinajstić information content (AvgIpc) is 3.65. The van der Waals surface area contributed by atoms with Gasteiger partial charge in [-0.2, -0.15) is 0 Å². The van der Waals surface area contributed by atoms with Gasteiger partial charge in [-0.3, -0.25) is 9.59 Å². The molecule has 2 aromatic rings. The van der Waals surface area contributed by atoms with Crippen LogP contribution in [-0.4, -0.2) is 91.5 Å². The third-order valence-electron chi connectivity index (χ3n) is 6.81. The van der Waals surface area contributed by atoms with E-state index in [1.165, 1.54) is 12.8 Å². The molecule has 0 unspecified atom stereocenters. The van der Waals surface area contributed by atoms with E-state index in [9.17, 15) is 9.59 Å². The molecule has 1 aliphatic heterocycles. The predicted molar refractivity (Wildman–Crippen MR) is 155 cm³/mol. The topological polar surface area (TPSA) is 78.0 Å². The molecule has 1 aliphatic carbocycles. The first kappa shape index (κ1) is 28.4. The third kappa shape index (κ3) is 7.51. The summed E-state index contributed by atoms with van der Waals surface area (Å²) in [6.07, 6.45) is 8.77. The fraction of sp³-hybridized carbons (Fsp3) is 0.536. The van der Waals surface area contributed by atoms with Gasteiger partial charge in [-0.25, -0.2) is 4.98 Å². The van der Waals surface area contributed by atoms with Crippen molar-refractivity contribution in [3.8, 4) is 5.75 Å². The molecule has 206 valence electrons. The van der Waals surface area contributed by atoms with Crippen LogP contribution in [0.15, 0.2) is 39.6 Å². The molecule has 1 aromatic heterocycles. The molecular formula is C28H39N5O3S2. The van der Waals surface area contributed by atoms with Crippen molar-refractivity contribution in [2.24, 2.45) is 5.92 Å². The van der Waals surface area contributed by atoms with Gasteiger partial charge in [-0.1, -0.05) is 29.2 Å². The predicted octanol–water partition coefficient (Wildman–Crippen LogP) is 4.61. The Bertz CT molecular complexity index is 1160. The Labute approximate surface area is 234 Å². The number of benzene rings is 1. The number of nitrogens with zero attached hydrogens (tertiary/aromatic N) is 4. The number of rotatable bonds is 10. The highest BCUT2D eigenvalue weighted by Gasteiger charge is 2.29. The van der Waals surface area contributed by atoms with Crippen molar-refractivity contribution < 1.29 is 14.3 Å². The van der Waals surface area contributed by atoms with Crippen LogP contribution in [0.5, 0.6) is 5.75 Å². The first-order valence-corrected chi connectivity index (χ1v) is 14.9. The van der Waals surface area contributed by atoms with E-state index >= 15 is 0 Å². The number of aryl methyl sites for hydroxylation is 1. The Morgan fingerprint density at radius 3 is 2.79 bits per heavy atom. The lowest BCUT2D eigenvalue weighted by atomic mass is 10.1. The molecule has 1 atom stereocenters. The molecule has 2 heterocycles. The molecule has 38 heavy (non-hydrogen) atoms. The third-order valence-corrected chi connectivity index (χ3v) is 9.02. The monoisotopic (exact) mass is 557 g/mol. The largest absolute Gasteiger partial charge is 0.496 e. The molecule has 1 aromatic carbocycles. The first-order valence-electron chi connectivity index (χ1n) is 13.2. The Kier molecular flexibility index (Phi) is 9.73. The van der Waals surface area contributed by atoms with E-state index in [0.29, 0.717) is 37.5 Å². The number of aromatic nitrogens is 1. The van der Waals surface area contributed by atoms with Gasteiger partial charge in [0.2, 0.25) is 5.91 Å². The molecule has 8 nitrogen and oxygen atoms in total. The smallest absolute Gasteiger partial charge is 0.257 e. The number of hydrogen-bond acceptors (Lipinski definition) is 8. The molecule has 1 saturated heterocycles. The lowest BCUT2D eigenvalue weighted by Gasteiger charge is -2.28. The lowest BCUT2D eigenvalue weighted by Crippen LogP contribution is -2.43. The number of ether oxygens (including phenoxy) is 1. The van der Waals surface area contributed by atoms with E-state index in [0.717, 1.165) is 38.7 Å². The minimum Gasteiger partial charge on any atom is -0.496 e. The summed E-state index contributed by atoms with van der Waals surface area (Å²) in [7, 11) is 5.54. The van der Waals surface area contributed by atoms with Crippen molar-refractivity contribution in [1.29, 1.82) is 0 Å². The summed E-state index contributed by atoms with van der Waals surface area (Å²) in [4.78, 5) is 37.8. The highest BCUT2D eigenvalue weighted by molar-refractivity contribution is 8.01. The highest BCUT2D eigenvalue weighted by Crippen LogP contribution is 2.39. The summed E-state index contributed by atoms with van der Waals surface area (Å²) in [5.41, 5.74) is 1.60. The number of methoxy groups -OCH3 is 1. The van der Waals surface area contributed by atoms with E-state index in [-0.39, 0.29) is 17.9 Å². The van der Waals surface area contributed by atoms with Gasteiger partial charge < -0.3 is 24.8 Å². The number of thiazole rings is 1. The van der Waals surface area contributed by atoms with Crippen molar-refractivity contribution in [2.75, 3.05) is 59.2 Å². The van der Waals surface area contributed by atoms with Crippen LogP contribution in [0.25, 0.3) is 0 Å². The first-order chi connectivity index (χ1) is 18.2. The molecule has 1 N–H and O–H groups in total. The van der Waals surface area contributed by atoms with E-state index in [1.807, 2.05) is 67.0 Å². The number of likely N-dealkylation sites (N-methyl/N-ethyl adjacent to an activating group) is 1. The molecule has 2 amide bonds. The molecular weight excluding hydrogens is 518 g/mol. The normalized spacial score (nSPS) is 18.2. The zero-order valence-electron chi connectivity index (χ0n) is 23.0. The zero-order chi connectivity index (χ0) is 27.2. The van der Waals surface area contributed by atoms with Gasteiger partial charge in [0.25, 0.3) is 5.91 Å². The van der Waals surface area contributed by atoms with Crippen molar-refractivity contribution in [3.05, 3.63) is 41.6 Å². The van der Waals surface area contributed by atoms with E-state index in [2.05, 4.69) is 10.3 Å². The Morgan fingerprint density at radius 2 is 2.08 bits per heavy atom. The van der Waals surface area contributed by atoms with Crippen LogP contribution < -0.4 is 10.1 Å². The van der Waals surface area contributed by atoms with E-state index < -0.39 is 0 Å². The van der Waals surface area contributed by atoms with Gasteiger partial charge in [0.05, 0.1) is 23.1 Å². The van der Waals surface area contributed by atoms with Crippen LogP contribution >= 0.6 is 23.1 Å². The molecule has 4 rings (SSSR count). The summed E-state index contributed by atoms with van der Waals surface area (Å²) in [6.45, 7) is 7.46. The van der Waals surface area contributed by atoms with Crippen LogP contribution in [-0.2, 0) is 4.79 Å². The summed E-state index contributed by atoms with van der Waals surface area (Å²) < 4.78 is 6.71. The maximum absolute atomic E-state index is 13.8. The van der Waals surface area contributed by atoms with Crippen LogP contribution in [0.2, 0.25) is 0 Å². The van der Waals surface area contributed by atoms with Gasteiger partial charge in [0, 0.05) is 49.7 Å². The second kappa shape index (κ2) is 13.0. The Morgan fingerprint density at radius 1 is 1.29 bits per heavy atom. The second-order valence-electron chi connectivity index (χ2n) is 10.4. The standard InChI is InChI=1S/C28H39N5O3S2/c1-19-14-23(36-5)22(15-24(19)37-26-17-30-28(38-26)29-16-21-9-10-21)27(35)32-12-7-13-33(20(2)18-32)25(34)8-6-11-31(3)4/h6,8,14-15,17,20-21H,7,9-13,16,18H2,1-5H3,(H,29,30)/b8-6+/t20-/m1/s1. The molecule has 10 heteroatoms. The second-order valence-corrected chi connectivity index (χ2v) is 12.8. The number of carbonyl (C=O) groups excluding carboxylic acids is 2. The van der Waals surface area contributed by atoms with Gasteiger partial charge in [-0.15, -0.1) is 0 Å². The van der Waals surface area contributed by atoms with Crippen molar-refractivity contribution >= 4 is 40.0 Å². The number of carbonyl (C=O) groups is 2. The van der Waals surface area contributed by atoms with E-state index in [1.54, 1.807) is 36.3 Å². The van der Waals surface area contributed by atoms with Crippen molar-refractivity contribution in [2.45, 2.75) is 48.3 Å². The van der Waals surface area contributed by atoms with E-state index in [4.69, 9.17) is 4.74 Å². The number of nitrogens with one attached hydrogen (secondary N) is 1. The Hall–Kier alpha value is -2.56. The molecule has 2 aliphatic rings. The lowest BCUT2D eigenvalue weighted by molar-refractivity contribution is -0.127. The molecule has 1 saturated carbocycles.